The summed E-state index contributed by atoms with van der Waals surface area (Å²) in [6, 6.07) is 0. The molecule has 0 aromatic heterocycles. The van der Waals surface area contributed by atoms with Crippen LogP contribution in [0.3, 0.4) is 0 Å². The third-order valence-corrected chi connectivity index (χ3v) is 1.49. The molecule has 1 nitrogen and oxygen atoms in total. The Hall–Kier alpha value is -0.110. The fraction of sp³-hybridized carbons (Fsp3) is 1.00. The summed E-state index contributed by atoms with van der Waals surface area (Å²) >= 11 is 0. The summed E-state index contributed by atoms with van der Waals surface area (Å²) < 4.78 is 12.0. The van der Waals surface area contributed by atoms with Crippen LogP contribution in [0.15, 0.2) is 0 Å². The van der Waals surface area contributed by atoms with Crippen molar-refractivity contribution in [3.05, 3.63) is 0 Å². The first-order valence-corrected chi connectivity index (χ1v) is 3.61. The van der Waals surface area contributed by atoms with E-state index in [2.05, 4.69) is 6.92 Å². The fourth-order valence-corrected chi connectivity index (χ4v) is 0.943. The van der Waals surface area contributed by atoms with E-state index in [1.54, 1.807) is 0 Å². The Kier molecular flexibility index (Phi) is 5.94. The second-order valence-corrected chi connectivity index (χ2v) is 2.39. The van der Waals surface area contributed by atoms with Crippen LogP contribution in [0.4, 0.5) is 4.39 Å². The standard InChI is InChI=1S/C7H16FN/c1-2-3-7(6-8)4-5-9/h7H,2-6,9H2,1H3. The molecule has 0 aromatic carbocycles. The quantitative estimate of drug-likeness (QED) is 0.607. The highest BCUT2D eigenvalue weighted by Gasteiger charge is 2.04. The van der Waals surface area contributed by atoms with E-state index in [0.29, 0.717) is 6.54 Å². The zero-order chi connectivity index (χ0) is 7.11. The van der Waals surface area contributed by atoms with Crippen molar-refractivity contribution in [1.29, 1.82) is 0 Å². The van der Waals surface area contributed by atoms with Crippen LogP contribution < -0.4 is 5.73 Å². The monoisotopic (exact) mass is 133 g/mol. The molecule has 0 heterocycles. The second-order valence-electron chi connectivity index (χ2n) is 2.39. The van der Waals surface area contributed by atoms with Crippen molar-refractivity contribution >= 4 is 0 Å². The molecule has 0 aliphatic rings. The molecule has 56 valence electrons. The van der Waals surface area contributed by atoms with Gasteiger partial charge in [0.1, 0.15) is 0 Å². The van der Waals surface area contributed by atoms with Crippen LogP contribution in [0.25, 0.3) is 0 Å². The number of hydrogen-bond donors (Lipinski definition) is 1. The number of rotatable bonds is 5. The Morgan fingerprint density at radius 3 is 2.44 bits per heavy atom. The lowest BCUT2D eigenvalue weighted by atomic mass is 10.0. The van der Waals surface area contributed by atoms with E-state index in [1.165, 1.54) is 0 Å². The van der Waals surface area contributed by atoms with Crippen molar-refractivity contribution in [2.45, 2.75) is 26.2 Å². The Morgan fingerprint density at radius 2 is 2.11 bits per heavy atom. The molecule has 0 saturated heterocycles. The summed E-state index contributed by atoms with van der Waals surface area (Å²) in [4.78, 5) is 0. The highest BCUT2D eigenvalue weighted by Crippen LogP contribution is 2.09. The second kappa shape index (κ2) is 6.02. The molecular weight excluding hydrogens is 117 g/mol. The van der Waals surface area contributed by atoms with Crippen molar-refractivity contribution in [2.24, 2.45) is 11.7 Å². The summed E-state index contributed by atoms with van der Waals surface area (Å²) in [6.45, 7) is 2.48. The molecule has 0 bridgehead atoms. The van der Waals surface area contributed by atoms with Crippen molar-refractivity contribution < 1.29 is 4.39 Å². The summed E-state index contributed by atoms with van der Waals surface area (Å²) in [7, 11) is 0. The molecular formula is C7H16FN. The normalized spacial score (nSPS) is 13.7. The molecule has 1 atom stereocenters. The predicted octanol–water partition coefficient (Wildman–Crippen LogP) is 1.72. The van der Waals surface area contributed by atoms with Crippen LogP contribution in [0.2, 0.25) is 0 Å². The van der Waals surface area contributed by atoms with Gasteiger partial charge in [-0.05, 0) is 25.3 Å². The smallest absolute Gasteiger partial charge is 0.0923 e. The number of nitrogens with two attached hydrogens (primary N) is 1. The lowest BCUT2D eigenvalue weighted by molar-refractivity contribution is 0.328. The van der Waals surface area contributed by atoms with Gasteiger partial charge >= 0.3 is 0 Å². The number of hydrogen-bond acceptors (Lipinski definition) is 1. The lowest BCUT2D eigenvalue weighted by Crippen LogP contribution is -2.09. The van der Waals surface area contributed by atoms with Gasteiger partial charge in [0.05, 0.1) is 6.67 Å². The van der Waals surface area contributed by atoms with Gasteiger partial charge in [0.15, 0.2) is 0 Å². The highest BCUT2D eigenvalue weighted by molar-refractivity contribution is 4.56. The predicted molar refractivity (Wildman–Crippen MR) is 38.0 cm³/mol. The van der Waals surface area contributed by atoms with E-state index in [1.807, 2.05) is 0 Å². The fourth-order valence-electron chi connectivity index (χ4n) is 0.943. The Labute approximate surface area is 56.4 Å². The number of alkyl halides is 1. The largest absolute Gasteiger partial charge is 0.330 e. The third kappa shape index (κ3) is 4.40. The molecule has 2 N–H and O–H groups in total. The Morgan fingerprint density at radius 1 is 1.44 bits per heavy atom. The SMILES string of the molecule is CCCC(CF)CCN. The minimum Gasteiger partial charge on any atom is -0.330 e. The molecule has 0 saturated carbocycles. The third-order valence-electron chi connectivity index (χ3n) is 1.49. The molecule has 0 aliphatic heterocycles. The van der Waals surface area contributed by atoms with Crippen molar-refractivity contribution in [2.75, 3.05) is 13.2 Å². The highest BCUT2D eigenvalue weighted by atomic mass is 19.1. The molecule has 0 rings (SSSR count). The molecule has 0 aliphatic carbocycles. The van der Waals surface area contributed by atoms with Gasteiger partial charge in [0, 0.05) is 0 Å². The van der Waals surface area contributed by atoms with E-state index in [-0.39, 0.29) is 12.6 Å². The van der Waals surface area contributed by atoms with Gasteiger partial charge in [-0.1, -0.05) is 13.3 Å². The lowest BCUT2D eigenvalue weighted by Gasteiger charge is -2.08. The van der Waals surface area contributed by atoms with Crippen LogP contribution in [-0.4, -0.2) is 13.2 Å². The van der Waals surface area contributed by atoms with Gasteiger partial charge in [-0.15, -0.1) is 0 Å². The molecule has 9 heavy (non-hydrogen) atoms. The first-order chi connectivity index (χ1) is 4.35. The van der Waals surface area contributed by atoms with E-state index in [0.717, 1.165) is 19.3 Å². The Bertz CT molecular complexity index is 50.9. The first-order valence-electron chi connectivity index (χ1n) is 3.61. The van der Waals surface area contributed by atoms with Gasteiger partial charge in [-0.3, -0.25) is 4.39 Å². The minimum atomic E-state index is -0.203. The molecule has 0 fully saturated rings. The average molecular weight is 133 g/mol. The summed E-state index contributed by atoms with van der Waals surface area (Å²) in [5, 5.41) is 0. The molecule has 0 spiro atoms. The van der Waals surface area contributed by atoms with Gasteiger partial charge in [-0.25, -0.2) is 0 Å². The van der Waals surface area contributed by atoms with Crippen LogP contribution in [0.1, 0.15) is 26.2 Å². The van der Waals surface area contributed by atoms with Crippen molar-refractivity contribution in [3.63, 3.8) is 0 Å². The minimum absolute atomic E-state index is 0.203. The van der Waals surface area contributed by atoms with Gasteiger partial charge < -0.3 is 5.73 Å². The average Bonchev–Trinajstić information content (AvgIpc) is 1.88. The van der Waals surface area contributed by atoms with Gasteiger partial charge in [0.25, 0.3) is 0 Å². The van der Waals surface area contributed by atoms with Crippen LogP contribution in [-0.2, 0) is 0 Å². The zero-order valence-electron chi connectivity index (χ0n) is 6.07. The molecule has 0 amide bonds. The molecule has 2 heteroatoms. The maximum atomic E-state index is 12.0. The van der Waals surface area contributed by atoms with E-state index >= 15 is 0 Å². The molecule has 0 aromatic rings. The van der Waals surface area contributed by atoms with Gasteiger partial charge in [-0.2, -0.15) is 0 Å². The summed E-state index contributed by atoms with van der Waals surface area (Å²) in [5.41, 5.74) is 5.27. The maximum Gasteiger partial charge on any atom is 0.0923 e. The maximum absolute atomic E-state index is 12.0. The molecule has 1 unspecified atom stereocenters. The molecule has 0 radical (unpaired) electrons. The van der Waals surface area contributed by atoms with Crippen LogP contribution >= 0.6 is 0 Å². The van der Waals surface area contributed by atoms with Gasteiger partial charge in [0.2, 0.25) is 0 Å². The van der Waals surface area contributed by atoms with E-state index in [4.69, 9.17) is 5.73 Å². The zero-order valence-corrected chi connectivity index (χ0v) is 6.07. The van der Waals surface area contributed by atoms with Crippen LogP contribution in [0, 0.1) is 5.92 Å². The first kappa shape index (κ1) is 8.89. The van der Waals surface area contributed by atoms with E-state index in [9.17, 15) is 4.39 Å². The Balaban J connectivity index is 3.18. The topological polar surface area (TPSA) is 26.0 Å². The summed E-state index contributed by atoms with van der Waals surface area (Å²) in [5.74, 6) is 0.222. The van der Waals surface area contributed by atoms with Crippen molar-refractivity contribution in [3.8, 4) is 0 Å². The number of halogens is 1. The van der Waals surface area contributed by atoms with Crippen LogP contribution in [0.5, 0.6) is 0 Å². The van der Waals surface area contributed by atoms with Crippen molar-refractivity contribution in [1.82, 2.24) is 0 Å². The summed E-state index contributed by atoms with van der Waals surface area (Å²) in [6.07, 6.45) is 2.88. The van der Waals surface area contributed by atoms with E-state index < -0.39 is 0 Å².